The summed E-state index contributed by atoms with van der Waals surface area (Å²) < 4.78 is 7.62. The molecular weight excluding hydrogens is 378 g/mol. The van der Waals surface area contributed by atoms with E-state index in [1.165, 1.54) is 17.2 Å². The summed E-state index contributed by atoms with van der Waals surface area (Å²) in [5.74, 6) is -0.587. The van der Waals surface area contributed by atoms with Crippen molar-refractivity contribution in [1.82, 2.24) is 19.5 Å². The smallest absolute Gasteiger partial charge is 0.185 e. The predicted molar refractivity (Wildman–Crippen MR) is 101 cm³/mol. The van der Waals surface area contributed by atoms with Gasteiger partial charge in [0.05, 0.1) is 25.0 Å². The van der Waals surface area contributed by atoms with E-state index in [1.807, 2.05) is 24.3 Å². The highest BCUT2D eigenvalue weighted by atomic mass is 16.6. The maximum atomic E-state index is 11.2. The number of hydrogen-bond acceptors (Lipinski definition) is 9. The summed E-state index contributed by atoms with van der Waals surface area (Å²) in [7, 11) is 0. The first kappa shape index (κ1) is 18.4. The number of anilines is 1. The van der Waals surface area contributed by atoms with E-state index < -0.39 is 42.7 Å². The number of aromatic nitrogens is 4. The van der Waals surface area contributed by atoms with E-state index in [0.717, 1.165) is 11.1 Å². The van der Waals surface area contributed by atoms with Crippen molar-refractivity contribution in [3.05, 3.63) is 48.0 Å². The second-order valence-corrected chi connectivity index (χ2v) is 7.52. The minimum atomic E-state index is -1.66. The number of rotatable bonds is 3. The number of nitrogens with zero attached hydrogens (tertiary/aromatic N) is 4. The molecule has 0 amide bonds. The van der Waals surface area contributed by atoms with Crippen molar-refractivity contribution in [2.24, 2.45) is 0 Å². The predicted octanol–water partition coefficient (Wildman–Crippen LogP) is -1.13. The molecule has 3 aromatic rings. The van der Waals surface area contributed by atoms with Crippen molar-refractivity contribution in [3.8, 4) is 0 Å². The van der Waals surface area contributed by atoms with Gasteiger partial charge in [-0.2, -0.15) is 0 Å². The number of ether oxygens (including phenoxy) is 1. The fourth-order valence-electron chi connectivity index (χ4n) is 4.76. The molecule has 1 saturated heterocycles. The van der Waals surface area contributed by atoms with Gasteiger partial charge in [-0.05, 0) is 17.5 Å². The Kier molecular flexibility index (Phi) is 4.09. The molecular formula is C19H21N5O5. The average molecular weight is 399 g/mol. The van der Waals surface area contributed by atoms with E-state index in [4.69, 9.17) is 10.5 Å². The van der Waals surface area contributed by atoms with Crippen LogP contribution in [0.3, 0.4) is 0 Å². The zero-order valence-electron chi connectivity index (χ0n) is 15.3. The van der Waals surface area contributed by atoms with Gasteiger partial charge in [-0.3, -0.25) is 4.57 Å². The van der Waals surface area contributed by atoms with Gasteiger partial charge in [0.2, 0.25) is 0 Å². The second-order valence-electron chi connectivity index (χ2n) is 7.52. The monoisotopic (exact) mass is 399 g/mol. The maximum absolute atomic E-state index is 11.2. The number of aliphatic hydroxyl groups is 4. The zero-order valence-corrected chi connectivity index (χ0v) is 15.3. The number of nitrogen functional groups attached to an aromatic ring is 1. The number of fused-ring (bicyclic) bond motifs is 2. The van der Waals surface area contributed by atoms with E-state index in [1.54, 1.807) is 0 Å². The van der Waals surface area contributed by atoms with Crippen molar-refractivity contribution in [2.45, 2.75) is 42.5 Å². The number of aliphatic hydroxyl groups excluding tert-OH is 4. The molecule has 3 heterocycles. The Morgan fingerprint density at radius 2 is 1.97 bits per heavy atom. The molecule has 2 unspecified atom stereocenters. The first-order valence-electron chi connectivity index (χ1n) is 9.33. The Balaban J connectivity index is 1.79. The lowest BCUT2D eigenvalue weighted by Gasteiger charge is -2.40. The van der Waals surface area contributed by atoms with Crippen LogP contribution < -0.4 is 5.73 Å². The third-order valence-electron chi connectivity index (χ3n) is 6.04. The Morgan fingerprint density at radius 3 is 2.72 bits per heavy atom. The van der Waals surface area contributed by atoms with Gasteiger partial charge in [-0.1, -0.05) is 24.3 Å². The van der Waals surface area contributed by atoms with Crippen LogP contribution in [-0.2, 0) is 16.9 Å². The molecule has 0 spiro atoms. The fraction of sp³-hybridized carbons (Fsp3) is 0.421. The molecule has 1 aromatic carbocycles. The summed E-state index contributed by atoms with van der Waals surface area (Å²) in [6, 6.07) is 7.47. The third-order valence-corrected chi connectivity index (χ3v) is 6.04. The Labute approximate surface area is 165 Å². The lowest BCUT2D eigenvalue weighted by Crippen LogP contribution is -2.52. The molecule has 5 rings (SSSR count). The van der Waals surface area contributed by atoms with Gasteiger partial charge in [0, 0.05) is 0 Å². The Hall–Kier alpha value is -2.63. The van der Waals surface area contributed by atoms with Crippen molar-refractivity contribution in [3.63, 3.8) is 0 Å². The van der Waals surface area contributed by atoms with Gasteiger partial charge in [0.25, 0.3) is 0 Å². The highest BCUT2D eigenvalue weighted by Crippen LogP contribution is 2.52. The zero-order chi connectivity index (χ0) is 20.3. The summed E-state index contributed by atoms with van der Waals surface area (Å²) in [4.78, 5) is 12.4. The Morgan fingerprint density at radius 1 is 1.17 bits per heavy atom. The van der Waals surface area contributed by atoms with Gasteiger partial charge >= 0.3 is 0 Å². The van der Waals surface area contributed by atoms with Crippen LogP contribution in [0.5, 0.6) is 0 Å². The van der Waals surface area contributed by atoms with Gasteiger partial charge in [0.15, 0.2) is 17.2 Å². The van der Waals surface area contributed by atoms with E-state index in [2.05, 4.69) is 15.0 Å². The summed E-state index contributed by atoms with van der Waals surface area (Å²) in [5, 5.41) is 42.5. The molecule has 152 valence electrons. The number of nitrogens with two attached hydrogens (primary N) is 1. The standard InChI is InChI=1S/C19H21N5O5/c20-17-14-18(22-7-21-17)24(8-23-14)19(16(28)15(27)12(6-25)29-19)13-10-4-2-1-3-9(10)5-11(13)26/h1-4,7-8,11-13,15-16,25-28H,5-6H2,(H2,20,21,22)/t11?,12-,13?,15-,16-,19-/m1/s1. The van der Waals surface area contributed by atoms with Gasteiger partial charge in [-0.25, -0.2) is 15.0 Å². The third kappa shape index (κ3) is 2.38. The molecule has 2 aliphatic rings. The van der Waals surface area contributed by atoms with Crippen molar-refractivity contribution in [1.29, 1.82) is 0 Å². The molecule has 0 radical (unpaired) electrons. The SMILES string of the molecule is Nc1ncnc2c1ncn2[C@]1(C2c3ccccc3CC2O)O[C@H](CO)[C@@H](O)[C@H]1O. The fourth-order valence-corrected chi connectivity index (χ4v) is 4.76. The minimum Gasteiger partial charge on any atom is -0.394 e. The molecule has 29 heavy (non-hydrogen) atoms. The molecule has 6 atom stereocenters. The van der Waals surface area contributed by atoms with Crippen LogP contribution in [0.1, 0.15) is 17.0 Å². The highest BCUT2D eigenvalue weighted by Gasteiger charge is 2.63. The maximum Gasteiger partial charge on any atom is 0.185 e. The topological polar surface area (TPSA) is 160 Å². The number of hydrogen-bond donors (Lipinski definition) is 5. The molecule has 10 heteroatoms. The molecule has 6 N–H and O–H groups in total. The number of benzene rings is 1. The number of imidazole rings is 1. The second kappa shape index (κ2) is 6.44. The largest absolute Gasteiger partial charge is 0.394 e. The van der Waals surface area contributed by atoms with Crippen molar-refractivity contribution >= 4 is 17.0 Å². The quantitative estimate of drug-likeness (QED) is 0.367. The summed E-state index contributed by atoms with van der Waals surface area (Å²) in [6.07, 6.45) is -1.77. The lowest BCUT2D eigenvalue weighted by molar-refractivity contribution is -0.177. The van der Waals surface area contributed by atoms with Crippen LogP contribution in [0.4, 0.5) is 5.82 Å². The first-order chi connectivity index (χ1) is 14.0. The molecule has 1 aliphatic heterocycles. The first-order valence-corrected chi connectivity index (χ1v) is 9.33. The van der Waals surface area contributed by atoms with E-state index in [0.29, 0.717) is 17.6 Å². The molecule has 2 aromatic heterocycles. The molecule has 0 bridgehead atoms. The van der Waals surface area contributed by atoms with Gasteiger partial charge in [0.1, 0.15) is 30.2 Å². The summed E-state index contributed by atoms with van der Waals surface area (Å²) in [6.45, 7) is -0.506. The molecule has 1 fully saturated rings. The molecule has 1 aliphatic carbocycles. The van der Waals surface area contributed by atoms with Crippen LogP contribution in [0.25, 0.3) is 11.2 Å². The van der Waals surface area contributed by atoms with Crippen LogP contribution in [0.15, 0.2) is 36.9 Å². The van der Waals surface area contributed by atoms with Crippen molar-refractivity contribution in [2.75, 3.05) is 12.3 Å². The molecule has 0 saturated carbocycles. The minimum absolute atomic E-state index is 0.156. The van der Waals surface area contributed by atoms with Gasteiger partial charge < -0.3 is 30.9 Å². The lowest BCUT2D eigenvalue weighted by atomic mass is 9.83. The van der Waals surface area contributed by atoms with Crippen molar-refractivity contribution < 1.29 is 25.2 Å². The van der Waals surface area contributed by atoms with Crippen LogP contribution in [0.2, 0.25) is 0 Å². The summed E-state index contributed by atoms with van der Waals surface area (Å²) in [5.41, 5.74) is 6.56. The highest BCUT2D eigenvalue weighted by molar-refractivity contribution is 5.81. The van der Waals surface area contributed by atoms with E-state index >= 15 is 0 Å². The normalized spacial score (nSPS) is 34.0. The summed E-state index contributed by atoms with van der Waals surface area (Å²) >= 11 is 0. The average Bonchev–Trinajstić information content (AvgIpc) is 3.37. The van der Waals surface area contributed by atoms with Crippen LogP contribution in [0, 0.1) is 0 Å². The van der Waals surface area contributed by atoms with Crippen LogP contribution in [-0.4, -0.2) is 71.0 Å². The van der Waals surface area contributed by atoms with E-state index in [-0.39, 0.29) is 5.82 Å². The van der Waals surface area contributed by atoms with Crippen LogP contribution >= 0.6 is 0 Å². The molecule has 10 nitrogen and oxygen atoms in total. The van der Waals surface area contributed by atoms with E-state index in [9.17, 15) is 20.4 Å². The Bertz CT molecular complexity index is 1070. The van der Waals surface area contributed by atoms with Gasteiger partial charge in [-0.15, -0.1) is 0 Å².